The minimum absolute atomic E-state index is 0.113. The summed E-state index contributed by atoms with van der Waals surface area (Å²) >= 11 is 0. The second-order valence-electron chi connectivity index (χ2n) is 6.85. The van der Waals surface area contributed by atoms with E-state index >= 15 is 0 Å². The van der Waals surface area contributed by atoms with Crippen molar-refractivity contribution >= 4 is 12.1 Å². The predicted molar refractivity (Wildman–Crippen MR) is 73.9 cm³/mol. The molecule has 0 aromatic carbocycles. The molecule has 0 heterocycles. The van der Waals surface area contributed by atoms with E-state index in [1.807, 2.05) is 0 Å². The van der Waals surface area contributed by atoms with Crippen molar-refractivity contribution in [3.05, 3.63) is 0 Å². The zero-order valence-corrected chi connectivity index (χ0v) is 13.1. The molecular weight excluding hydrogens is 246 g/mol. The third kappa shape index (κ3) is 10.4. The third-order valence-electron chi connectivity index (χ3n) is 2.18. The molecular formula is C14H27NO4. The lowest BCUT2D eigenvalue weighted by Gasteiger charge is -2.22. The van der Waals surface area contributed by atoms with Crippen molar-refractivity contribution in [2.45, 2.75) is 66.5 Å². The molecule has 0 unspecified atom stereocenters. The first-order valence-electron chi connectivity index (χ1n) is 6.57. The maximum absolute atomic E-state index is 11.6. The summed E-state index contributed by atoms with van der Waals surface area (Å²) in [5.74, 6) is -0.449. The summed E-state index contributed by atoms with van der Waals surface area (Å²) in [6.07, 6.45) is 0.158. The maximum Gasteiger partial charge on any atom is 0.408 e. The molecule has 5 nitrogen and oxygen atoms in total. The SMILES string of the molecule is C[C@H](NC(=O)OC(C)(C)C)C(=O)OCCC(C)(C)C. The fourth-order valence-corrected chi connectivity index (χ4v) is 1.13. The number of alkyl carbamates (subject to hydrolysis) is 1. The van der Waals surface area contributed by atoms with Crippen LogP contribution in [0.25, 0.3) is 0 Å². The zero-order chi connectivity index (χ0) is 15.3. The first-order chi connectivity index (χ1) is 8.41. The first-order valence-corrected chi connectivity index (χ1v) is 6.57. The second-order valence-corrected chi connectivity index (χ2v) is 6.85. The minimum Gasteiger partial charge on any atom is -0.464 e. The summed E-state index contributed by atoms with van der Waals surface area (Å²) < 4.78 is 10.2. The average molecular weight is 273 g/mol. The zero-order valence-electron chi connectivity index (χ0n) is 13.1. The molecule has 0 spiro atoms. The van der Waals surface area contributed by atoms with Crippen molar-refractivity contribution in [3.8, 4) is 0 Å². The van der Waals surface area contributed by atoms with Crippen LogP contribution in [0.3, 0.4) is 0 Å². The quantitative estimate of drug-likeness (QED) is 0.800. The minimum atomic E-state index is -0.713. The number of nitrogens with one attached hydrogen (secondary N) is 1. The van der Waals surface area contributed by atoms with Gasteiger partial charge in [0, 0.05) is 0 Å². The molecule has 1 amide bonds. The van der Waals surface area contributed by atoms with Crippen molar-refractivity contribution in [1.82, 2.24) is 5.32 Å². The molecule has 0 fully saturated rings. The van der Waals surface area contributed by atoms with E-state index in [4.69, 9.17) is 9.47 Å². The molecule has 5 heteroatoms. The number of carbonyl (C=O) groups is 2. The summed E-state index contributed by atoms with van der Waals surface area (Å²) in [5, 5.41) is 2.45. The highest BCUT2D eigenvalue weighted by Gasteiger charge is 2.22. The Bertz CT molecular complexity index is 312. The molecule has 0 radical (unpaired) electrons. The second kappa shape index (κ2) is 6.78. The fourth-order valence-electron chi connectivity index (χ4n) is 1.13. The number of amides is 1. The lowest BCUT2D eigenvalue weighted by atomic mass is 9.93. The molecule has 112 valence electrons. The van der Waals surface area contributed by atoms with E-state index in [0.717, 1.165) is 6.42 Å². The van der Waals surface area contributed by atoms with Crippen molar-refractivity contribution in [2.24, 2.45) is 5.41 Å². The van der Waals surface area contributed by atoms with Crippen LogP contribution in [-0.2, 0) is 14.3 Å². The van der Waals surface area contributed by atoms with Crippen LogP contribution in [0.1, 0.15) is 54.9 Å². The van der Waals surface area contributed by atoms with Crippen LogP contribution in [0, 0.1) is 5.41 Å². The molecule has 19 heavy (non-hydrogen) atoms. The van der Waals surface area contributed by atoms with E-state index in [1.54, 1.807) is 27.7 Å². The fraction of sp³-hybridized carbons (Fsp3) is 0.857. The predicted octanol–water partition coefficient (Wildman–Crippen LogP) is 2.88. The van der Waals surface area contributed by atoms with Crippen LogP contribution in [0.15, 0.2) is 0 Å². The number of hydrogen-bond acceptors (Lipinski definition) is 4. The Hall–Kier alpha value is -1.26. The van der Waals surface area contributed by atoms with Crippen LogP contribution in [0.2, 0.25) is 0 Å². The number of hydrogen-bond donors (Lipinski definition) is 1. The monoisotopic (exact) mass is 273 g/mol. The average Bonchev–Trinajstić information content (AvgIpc) is 2.11. The van der Waals surface area contributed by atoms with E-state index in [1.165, 1.54) is 0 Å². The van der Waals surface area contributed by atoms with E-state index < -0.39 is 23.7 Å². The van der Waals surface area contributed by atoms with Gasteiger partial charge >= 0.3 is 12.1 Å². The Morgan fingerprint density at radius 1 is 1.11 bits per heavy atom. The molecule has 0 aromatic heterocycles. The highest BCUT2D eigenvalue weighted by Crippen LogP contribution is 2.18. The molecule has 0 rings (SSSR count). The lowest BCUT2D eigenvalue weighted by Crippen LogP contribution is -2.42. The summed E-state index contributed by atoms with van der Waals surface area (Å²) in [7, 11) is 0. The van der Waals surface area contributed by atoms with Crippen molar-refractivity contribution < 1.29 is 19.1 Å². The largest absolute Gasteiger partial charge is 0.464 e. The summed E-state index contributed by atoms with van der Waals surface area (Å²) in [5.41, 5.74) is -0.470. The van der Waals surface area contributed by atoms with Gasteiger partial charge in [-0.15, -0.1) is 0 Å². The van der Waals surface area contributed by atoms with Crippen LogP contribution in [0.4, 0.5) is 4.79 Å². The molecule has 0 aliphatic rings. The van der Waals surface area contributed by atoms with E-state index in [-0.39, 0.29) is 5.41 Å². The Balaban J connectivity index is 4.04. The van der Waals surface area contributed by atoms with Crippen LogP contribution >= 0.6 is 0 Å². The molecule has 0 saturated carbocycles. The smallest absolute Gasteiger partial charge is 0.408 e. The van der Waals surface area contributed by atoms with Gasteiger partial charge in [0.1, 0.15) is 11.6 Å². The van der Waals surface area contributed by atoms with Gasteiger partial charge < -0.3 is 14.8 Å². The number of rotatable bonds is 4. The highest BCUT2D eigenvalue weighted by molar-refractivity contribution is 5.80. The van der Waals surface area contributed by atoms with Crippen molar-refractivity contribution in [1.29, 1.82) is 0 Å². The third-order valence-corrected chi connectivity index (χ3v) is 2.18. The maximum atomic E-state index is 11.6. The Kier molecular flexibility index (Phi) is 6.33. The highest BCUT2D eigenvalue weighted by atomic mass is 16.6. The van der Waals surface area contributed by atoms with Gasteiger partial charge in [-0.25, -0.2) is 9.59 Å². The van der Waals surface area contributed by atoms with Gasteiger partial charge in [-0.1, -0.05) is 20.8 Å². The van der Waals surface area contributed by atoms with Gasteiger partial charge in [0.05, 0.1) is 6.61 Å². The molecule has 1 N–H and O–H groups in total. The molecule has 0 aromatic rings. The summed E-state index contributed by atoms with van der Waals surface area (Å²) in [6.45, 7) is 13.4. The van der Waals surface area contributed by atoms with Crippen LogP contribution in [-0.4, -0.2) is 30.3 Å². The molecule has 0 saturated heterocycles. The molecule has 0 aliphatic heterocycles. The van der Waals surface area contributed by atoms with Gasteiger partial charge in [-0.05, 0) is 39.5 Å². The van der Waals surface area contributed by atoms with Gasteiger partial charge in [-0.3, -0.25) is 0 Å². The number of esters is 1. The molecule has 0 bridgehead atoms. The van der Waals surface area contributed by atoms with Crippen molar-refractivity contribution in [2.75, 3.05) is 6.61 Å². The molecule has 0 aliphatic carbocycles. The first kappa shape index (κ1) is 17.7. The number of carbonyl (C=O) groups excluding carboxylic acids is 2. The van der Waals surface area contributed by atoms with E-state index in [2.05, 4.69) is 26.1 Å². The van der Waals surface area contributed by atoms with Gasteiger partial charge in [0.15, 0.2) is 0 Å². The van der Waals surface area contributed by atoms with Gasteiger partial charge in [0.2, 0.25) is 0 Å². The van der Waals surface area contributed by atoms with Crippen molar-refractivity contribution in [3.63, 3.8) is 0 Å². The van der Waals surface area contributed by atoms with E-state index in [0.29, 0.717) is 6.61 Å². The van der Waals surface area contributed by atoms with Crippen LogP contribution < -0.4 is 5.32 Å². The Morgan fingerprint density at radius 3 is 2.05 bits per heavy atom. The topological polar surface area (TPSA) is 64.6 Å². The van der Waals surface area contributed by atoms with Gasteiger partial charge in [0.25, 0.3) is 0 Å². The number of ether oxygens (including phenoxy) is 2. The normalized spacial score (nSPS) is 13.6. The molecule has 1 atom stereocenters. The van der Waals surface area contributed by atoms with Gasteiger partial charge in [-0.2, -0.15) is 0 Å². The Labute approximate surface area is 116 Å². The summed E-state index contributed by atoms with van der Waals surface area (Å²) in [6, 6.07) is -0.713. The summed E-state index contributed by atoms with van der Waals surface area (Å²) in [4.78, 5) is 23.1. The standard InChI is InChI=1S/C14H27NO4/c1-10(15-12(17)19-14(5,6)7)11(16)18-9-8-13(2,3)4/h10H,8-9H2,1-7H3,(H,15,17)/t10-/m0/s1. The van der Waals surface area contributed by atoms with E-state index in [9.17, 15) is 9.59 Å². The Morgan fingerprint density at radius 2 is 1.63 bits per heavy atom. The van der Waals surface area contributed by atoms with Crippen LogP contribution in [0.5, 0.6) is 0 Å². The lowest BCUT2D eigenvalue weighted by molar-refractivity contribution is -0.146.